The molecule has 2 heterocycles. The Labute approximate surface area is 115 Å². The molecule has 6 nitrogen and oxygen atoms in total. The summed E-state index contributed by atoms with van der Waals surface area (Å²) in [6, 6.07) is 5.39. The zero-order valence-electron chi connectivity index (χ0n) is 11.2. The van der Waals surface area contributed by atoms with E-state index in [1.54, 1.807) is 23.0 Å². The van der Waals surface area contributed by atoms with Crippen molar-refractivity contribution in [1.29, 1.82) is 0 Å². The molecule has 3 aromatic rings. The highest BCUT2D eigenvalue weighted by Gasteiger charge is 2.09. The molecular weight excluding hydrogens is 254 g/mol. The second kappa shape index (κ2) is 4.73. The van der Waals surface area contributed by atoms with Crippen molar-refractivity contribution in [3.63, 3.8) is 0 Å². The number of nitrogens with zero attached hydrogens (tertiary/aromatic N) is 4. The van der Waals surface area contributed by atoms with E-state index in [-0.39, 0.29) is 5.91 Å². The summed E-state index contributed by atoms with van der Waals surface area (Å²) in [6.07, 6.45) is 5.05. The van der Waals surface area contributed by atoms with E-state index < -0.39 is 0 Å². The third-order valence-electron chi connectivity index (χ3n) is 2.91. The average molecular weight is 267 g/mol. The van der Waals surface area contributed by atoms with Gasteiger partial charge in [-0.3, -0.25) is 14.5 Å². The second-order valence-electron chi connectivity index (χ2n) is 4.57. The number of benzene rings is 1. The first-order chi connectivity index (χ1) is 9.61. The summed E-state index contributed by atoms with van der Waals surface area (Å²) in [5, 5.41) is 7.99. The van der Waals surface area contributed by atoms with Crippen molar-refractivity contribution in [2.24, 2.45) is 7.05 Å². The summed E-state index contributed by atoms with van der Waals surface area (Å²) < 4.78 is 1.72. The molecule has 0 bridgehead atoms. The summed E-state index contributed by atoms with van der Waals surface area (Å²) in [5.74, 6) is 0.206. The molecule has 3 rings (SSSR count). The minimum absolute atomic E-state index is 0.226. The first-order valence-corrected chi connectivity index (χ1v) is 6.15. The van der Waals surface area contributed by atoms with Gasteiger partial charge in [-0.15, -0.1) is 0 Å². The number of hydrogen-bond acceptors (Lipinski definition) is 4. The molecule has 1 aromatic carbocycles. The molecule has 0 fully saturated rings. The Bertz CT molecular complexity index is 776. The summed E-state index contributed by atoms with van der Waals surface area (Å²) in [5.41, 5.74) is 2.13. The maximum absolute atomic E-state index is 12.1. The highest BCUT2D eigenvalue weighted by atomic mass is 16.1. The number of nitrogens with one attached hydrogen (secondary N) is 1. The Balaban J connectivity index is 1.86. The van der Waals surface area contributed by atoms with E-state index >= 15 is 0 Å². The zero-order chi connectivity index (χ0) is 14.1. The van der Waals surface area contributed by atoms with Crippen LogP contribution in [0.5, 0.6) is 0 Å². The van der Waals surface area contributed by atoms with Crippen LogP contribution in [0.2, 0.25) is 0 Å². The van der Waals surface area contributed by atoms with Gasteiger partial charge in [0, 0.05) is 24.2 Å². The van der Waals surface area contributed by atoms with Crippen molar-refractivity contribution in [2.45, 2.75) is 6.92 Å². The number of carbonyl (C=O) groups is 1. The fraction of sp³-hybridized carbons (Fsp3) is 0.143. The van der Waals surface area contributed by atoms with Gasteiger partial charge in [0.05, 0.1) is 23.6 Å². The Morgan fingerprint density at radius 2 is 2.10 bits per heavy atom. The normalized spacial score (nSPS) is 10.7. The van der Waals surface area contributed by atoms with E-state index in [4.69, 9.17) is 0 Å². The van der Waals surface area contributed by atoms with Crippen LogP contribution in [0.25, 0.3) is 10.9 Å². The smallest absolute Gasteiger partial charge is 0.256 e. The fourth-order valence-corrected chi connectivity index (χ4v) is 1.93. The standard InChI is InChI=1S/C14H13N5O/c1-9-6-16-13(7-15-9)17-14(20)10-3-4-11-8-19(2)18-12(11)5-10/h3-8H,1-2H3,(H,16,17,20). The number of carbonyl (C=O) groups excluding carboxylic acids is 1. The predicted molar refractivity (Wildman–Crippen MR) is 75.4 cm³/mol. The zero-order valence-corrected chi connectivity index (χ0v) is 11.2. The van der Waals surface area contributed by atoms with E-state index in [0.29, 0.717) is 11.4 Å². The minimum atomic E-state index is -0.226. The van der Waals surface area contributed by atoms with Gasteiger partial charge in [0.15, 0.2) is 5.82 Å². The van der Waals surface area contributed by atoms with Gasteiger partial charge in [-0.05, 0) is 19.1 Å². The van der Waals surface area contributed by atoms with E-state index in [1.165, 1.54) is 6.20 Å². The largest absolute Gasteiger partial charge is 0.305 e. The Morgan fingerprint density at radius 1 is 1.25 bits per heavy atom. The SMILES string of the molecule is Cc1cnc(NC(=O)c2ccc3cn(C)nc3c2)cn1. The lowest BCUT2D eigenvalue weighted by Crippen LogP contribution is -2.13. The average Bonchev–Trinajstić information content (AvgIpc) is 2.80. The summed E-state index contributed by atoms with van der Waals surface area (Å²) >= 11 is 0. The molecule has 1 amide bonds. The van der Waals surface area contributed by atoms with Crippen LogP contribution >= 0.6 is 0 Å². The topological polar surface area (TPSA) is 72.7 Å². The molecule has 100 valence electrons. The van der Waals surface area contributed by atoms with Crippen molar-refractivity contribution >= 4 is 22.6 Å². The van der Waals surface area contributed by atoms with Crippen molar-refractivity contribution < 1.29 is 4.79 Å². The van der Waals surface area contributed by atoms with Crippen LogP contribution in [-0.2, 0) is 7.05 Å². The van der Waals surface area contributed by atoms with E-state index in [1.807, 2.05) is 26.2 Å². The van der Waals surface area contributed by atoms with Crippen molar-refractivity contribution in [2.75, 3.05) is 5.32 Å². The molecule has 20 heavy (non-hydrogen) atoms. The minimum Gasteiger partial charge on any atom is -0.305 e. The molecule has 0 aliphatic carbocycles. The molecule has 0 atom stereocenters. The highest BCUT2D eigenvalue weighted by molar-refractivity contribution is 6.05. The van der Waals surface area contributed by atoms with Crippen LogP contribution in [0.4, 0.5) is 5.82 Å². The molecule has 6 heteroatoms. The summed E-state index contributed by atoms with van der Waals surface area (Å²) in [6.45, 7) is 1.84. The van der Waals surface area contributed by atoms with Gasteiger partial charge in [0.2, 0.25) is 0 Å². The summed E-state index contributed by atoms with van der Waals surface area (Å²) in [7, 11) is 1.85. The van der Waals surface area contributed by atoms with Gasteiger partial charge in [-0.1, -0.05) is 6.07 Å². The predicted octanol–water partition coefficient (Wildman–Crippen LogP) is 1.92. The number of anilines is 1. The van der Waals surface area contributed by atoms with Gasteiger partial charge in [0.1, 0.15) is 0 Å². The first kappa shape index (κ1) is 12.3. The molecule has 2 aromatic heterocycles. The maximum Gasteiger partial charge on any atom is 0.256 e. The number of amides is 1. The monoisotopic (exact) mass is 267 g/mol. The van der Waals surface area contributed by atoms with E-state index in [9.17, 15) is 4.79 Å². The van der Waals surface area contributed by atoms with E-state index in [2.05, 4.69) is 20.4 Å². The second-order valence-corrected chi connectivity index (χ2v) is 4.57. The molecule has 0 spiro atoms. The Kier molecular flexibility index (Phi) is 2.90. The first-order valence-electron chi connectivity index (χ1n) is 6.15. The van der Waals surface area contributed by atoms with Gasteiger partial charge >= 0.3 is 0 Å². The quantitative estimate of drug-likeness (QED) is 0.770. The molecule has 1 N–H and O–H groups in total. The molecule has 0 aliphatic heterocycles. The van der Waals surface area contributed by atoms with Crippen LogP contribution in [0, 0.1) is 6.92 Å². The van der Waals surface area contributed by atoms with Crippen LogP contribution in [0.1, 0.15) is 16.1 Å². The Hall–Kier alpha value is -2.76. The fourth-order valence-electron chi connectivity index (χ4n) is 1.93. The lowest BCUT2D eigenvalue weighted by Gasteiger charge is -2.04. The van der Waals surface area contributed by atoms with Crippen molar-refractivity contribution in [3.05, 3.63) is 48.0 Å². The third-order valence-corrected chi connectivity index (χ3v) is 2.91. The van der Waals surface area contributed by atoms with Crippen molar-refractivity contribution in [1.82, 2.24) is 19.7 Å². The number of fused-ring (bicyclic) bond motifs is 1. The van der Waals surface area contributed by atoms with Crippen LogP contribution in [-0.4, -0.2) is 25.7 Å². The Morgan fingerprint density at radius 3 is 2.85 bits per heavy atom. The van der Waals surface area contributed by atoms with E-state index in [0.717, 1.165) is 16.6 Å². The maximum atomic E-state index is 12.1. The molecule has 0 radical (unpaired) electrons. The van der Waals surface area contributed by atoms with Crippen LogP contribution in [0.3, 0.4) is 0 Å². The lowest BCUT2D eigenvalue weighted by molar-refractivity contribution is 0.102. The van der Waals surface area contributed by atoms with Crippen molar-refractivity contribution in [3.8, 4) is 0 Å². The molecular formula is C14H13N5O. The number of hydrogen-bond donors (Lipinski definition) is 1. The lowest BCUT2D eigenvalue weighted by atomic mass is 10.1. The molecule has 0 saturated heterocycles. The van der Waals surface area contributed by atoms with Crippen LogP contribution < -0.4 is 5.32 Å². The molecule has 0 aliphatic rings. The third kappa shape index (κ3) is 2.35. The van der Waals surface area contributed by atoms with Gasteiger partial charge < -0.3 is 5.32 Å². The number of rotatable bonds is 2. The highest BCUT2D eigenvalue weighted by Crippen LogP contribution is 2.15. The molecule has 0 unspecified atom stereocenters. The van der Waals surface area contributed by atoms with Gasteiger partial charge in [-0.25, -0.2) is 4.98 Å². The van der Waals surface area contributed by atoms with Crippen LogP contribution in [0.15, 0.2) is 36.8 Å². The summed E-state index contributed by atoms with van der Waals surface area (Å²) in [4.78, 5) is 20.3. The van der Waals surface area contributed by atoms with Gasteiger partial charge in [0.25, 0.3) is 5.91 Å². The number of aromatic nitrogens is 4. The number of aryl methyl sites for hydroxylation is 2. The van der Waals surface area contributed by atoms with Gasteiger partial charge in [-0.2, -0.15) is 5.10 Å². The molecule has 0 saturated carbocycles.